The van der Waals surface area contributed by atoms with E-state index in [1.165, 1.54) is 6.07 Å². The van der Waals surface area contributed by atoms with Gasteiger partial charge in [-0.05, 0) is 36.8 Å². The van der Waals surface area contributed by atoms with Crippen LogP contribution in [0.1, 0.15) is 19.8 Å². The van der Waals surface area contributed by atoms with Crippen molar-refractivity contribution in [2.75, 3.05) is 13.2 Å². The number of carbonyl (C=O) groups is 1. The van der Waals surface area contributed by atoms with Crippen LogP contribution in [0, 0.1) is 0 Å². The summed E-state index contributed by atoms with van der Waals surface area (Å²) < 4.78 is 17.4. The van der Waals surface area contributed by atoms with E-state index < -0.39 is 6.10 Å². The first kappa shape index (κ1) is 18.1. The number of fused-ring (bicyclic) bond motifs is 2. The van der Waals surface area contributed by atoms with Gasteiger partial charge in [0.05, 0.1) is 5.39 Å². The predicted octanol–water partition coefficient (Wildman–Crippen LogP) is 3.52. The van der Waals surface area contributed by atoms with Crippen molar-refractivity contribution in [3.8, 4) is 22.8 Å². The van der Waals surface area contributed by atoms with E-state index in [0.29, 0.717) is 40.3 Å². The van der Waals surface area contributed by atoms with E-state index >= 15 is 0 Å². The summed E-state index contributed by atoms with van der Waals surface area (Å²) in [5, 5.41) is 3.39. The molecule has 1 unspecified atom stereocenters. The van der Waals surface area contributed by atoms with Crippen molar-refractivity contribution in [3.63, 3.8) is 0 Å². The van der Waals surface area contributed by atoms with Gasteiger partial charge in [0, 0.05) is 18.2 Å². The van der Waals surface area contributed by atoms with Gasteiger partial charge in [0.2, 0.25) is 6.10 Å². The third-order valence-corrected chi connectivity index (χ3v) is 4.64. The molecule has 0 radical (unpaired) electrons. The average molecular weight is 379 g/mol. The molecule has 4 rings (SSSR count). The normalized spacial score (nSPS) is 15.4. The maximum absolute atomic E-state index is 12.3. The third-order valence-electron chi connectivity index (χ3n) is 4.64. The molecule has 2 aromatic carbocycles. The van der Waals surface area contributed by atoms with Crippen molar-refractivity contribution in [2.45, 2.75) is 25.9 Å². The lowest BCUT2D eigenvalue weighted by Gasteiger charge is -2.26. The molecular weight excluding hydrogens is 358 g/mol. The van der Waals surface area contributed by atoms with E-state index in [4.69, 9.17) is 13.9 Å². The number of unbranched alkanes of at least 4 members (excludes halogenated alkanes) is 1. The SMILES string of the molecule is CCCCNC(=O)C1COc2cc(-c3cc(=O)c4ccccc4o3)ccc2O1. The van der Waals surface area contributed by atoms with Gasteiger partial charge in [-0.2, -0.15) is 0 Å². The molecule has 0 bridgehead atoms. The molecule has 1 aromatic heterocycles. The predicted molar refractivity (Wildman–Crippen MR) is 106 cm³/mol. The van der Waals surface area contributed by atoms with Crippen molar-refractivity contribution < 1.29 is 18.7 Å². The highest BCUT2D eigenvalue weighted by molar-refractivity contribution is 5.82. The van der Waals surface area contributed by atoms with Gasteiger partial charge in [-0.3, -0.25) is 9.59 Å². The fourth-order valence-corrected chi connectivity index (χ4v) is 3.10. The smallest absolute Gasteiger partial charge is 0.264 e. The topological polar surface area (TPSA) is 77.8 Å². The van der Waals surface area contributed by atoms with Crippen LogP contribution in [0.2, 0.25) is 0 Å². The first-order valence-corrected chi connectivity index (χ1v) is 9.40. The molecule has 6 heteroatoms. The second-order valence-electron chi connectivity index (χ2n) is 6.69. The summed E-state index contributed by atoms with van der Waals surface area (Å²) in [6.07, 6.45) is 1.27. The summed E-state index contributed by atoms with van der Waals surface area (Å²) in [5.74, 6) is 1.29. The zero-order valence-corrected chi connectivity index (χ0v) is 15.6. The summed E-state index contributed by atoms with van der Waals surface area (Å²) in [5.41, 5.74) is 1.13. The number of ether oxygens (including phenoxy) is 2. The molecule has 6 nitrogen and oxygen atoms in total. The maximum atomic E-state index is 12.3. The molecule has 1 aliphatic heterocycles. The minimum Gasteiger partial charge on any atom is -0.485 e. The van der Waals surface area contributed by atoms with Crippen LogP contribution in [0.25, 0.3) is 22.3 Å². The molecule has 1 N–H and O–H groups in total. The molecular formula is C22H21NO5. The van der Waals surface area contributed by atoms with E-state index in [0.717, 1.165) is 12.8 Å². The van der Waals surface area contributed by atoms with E-state index in [1.807, 2.05) is 6.07 Å². The van der Waals surface area contributed by atoms with Crippen molar-refractivity contribution in [1.82, 2.24) is 5.32 Å². The lowest BCUT2D eigenvalue weighted by Crippen LogP contribution is -2.44. The first-order chi connectivity index (χ1) is 13.7. The highest BCUT2D eigenvalue weighted by atomic mass is 16.6. The van der Waals surface area contributed by atoms with Crippen LogP contribution in [0.3, 0.4) is 0 Å². The fourth-order valence-electron chi connectivity index (χ4n) is 3.10. The van der Waals surface area contributed by atoms with E-state index in [-0.39, 0.29) is 17.9 Å². The van der Waals surface area contributed by atoms with Crippen molar-refractivity contribution in [3.05, 3.63) is 58.8 Å². The zero-order chi connectivity index (χ0) is 19.5. The van der Waals surface area contributed by atoms with Gasteiger partial charge >= 0.3 is 0 Å². The molecule has 0 saturated heterocycles. The van der Waals surface area contributed by atoms with E-state index in [2.05, 4.69) is 12.2 Å². The Morgan fingerprint density at radius 3 is 2.86 bits per heavy atom. The van der Waals surface area contributed by atoms with Gasteiger partial charge in [0.25, 0.3) is 5.91 Å². The number of carbonyl (C=O) groups excluding carboxylic acids is 1. The van der Waals surface area contributed by atoms with E-state index in [1.54, 1.807) is 36.4 Å². The van der Waals surface area contributed by atoms with Crippen molar-refractivity contribution in [1.29, 1.82) is 0 Å². The molecule has 3 aromatic rings. The molecule has 2 heterocycles. The first-order valence-electron chi connectivity index (χ1n) is 9.40. The maximum Gasteiger partial charge on any atom is 0.264 e. The average Bonchev–Trinajstić information content (AvgIpc) is 2.73. The molecule has 0 spiro atoms. The number of para-hydroxylation sites is 1. The molecule has 0 aliphatic carbocycles. The van der Waals surface area contributed by atoms with Crippen LogP contribution >= 0.6 is 0 Å². The monoisotopic (exact) mass is 379 g/mol. The summed E-state index contributed by atoms with van der Waals surface area (Å²) in [4.78, 5) is 24.5. The highest BCUT2D eigenvalue weighted by Gasteiger charge is 2.27. The van der Waals surface area contributed by atoms with Crippen LogP contribution in [0.4, 0.5) is 0 Å². The summed E-state index contributed by atoms with van der Waals surface area (Å²) in [6, 6.07) is 13.9. The minimum absolute atomic E-state index is 0.101. The Morgan fingerprint density at radius 2 is 2.00 bits per heavy atom. The minimum atomic E-state index is -0.672. The number of benzene rings is 2. The quantitative estimate of drug-likeness (QED) is 0.687. The Morgan fingerprint density at radius 1 is 1.14 bits per heavy atom. The Kier molecular flexibility index (Phi) is 5.02. The summed E-state index contributed by atoms with van der Waals surface area (Å²) in [6.45, 7) is 2.83. The van der Waals surface area contributed by atoms with Gasteiger partial charge < -0.3 is 19.2 Å². The number of nitrogens with one attached hydrogen (secondary N) is 1. The Bertz CT molecular complexity index is 1070. The molecule has 1 atom stereocenters. The second kappa shape index (κ2) is 7.76. The highest BCUT2D eigenvalue weighted by Crippen LogP contribution is 2.36. The van der Waals surface area contributed by atoms with Crippen LogP contribution in [-0.4, -0.2) is 25.2 Å². The van der Waals surface area contributed by atoms with Crippen LogP contribution in [0.15, 0.2) is 57.7 Å². The van der Waals surface area contributed by atoms with Gasteiger partial charge in [0.1, 0.15) is 18.0 Å². The largest absolute Gasteiger partial charge is 0.485 e. The molecule has 0 fully saturated rings. The zero-order valence-electron chi connectivity index (χ0n) is 15.6. The molecule has 1 amide bonds. The Labute approximate surface area is 162 Å². The third kappa shape index (κ3) is 3.58. The lowest BCUT2D eigenvalue weighted by atomic mass is 10.1. The summed E-state index contributed by atoms with van der Waals surface area (Å²) >= 11 is 0. The van der Waals surface area contributed by atoms with Crippen molar-refractivity contribution in [2.24, 2.45) is 0 Å². The molecule has 28 heavy (non-hydrogen) atoms. The Hall–Kier alpha value is -3.28. The molecule has 1 aliphatic rings. The molecule has 144 valence electrons. The van der Waals surface area contributed by atoms with Crippen LogP contribution in [0.5, 0.6) is 11.5 Å². The van der Waals surface area contributed by atoms with Gasteiger partial charge in [-0.25, -0.2) is 0 Å². The standard InChI is InChI=1S/C22H21NO5/c1-2-3-10-23-22(25)21-13-26-20-11-14(8-9-18(20)28-21)19-12-16(24)15-6-4-5-7-17(15)27-19/h4-9,11-12,21H,2-3,10,13H2,1H3,(H,23,25). The number of amides is 1. The number of hydrogen-bond acceptors (Lipinski definition) is 5. The van der Waals surface area contributed by atoms with Crippen LogP contribution in [-0.2, 0) is 4.79 Å². The van der Waals surface area contributed by atoms with Crippen molar-refractivity contribution >= 4 is 16.9 Å². The van der Waals surface area contributed by atoms with Gasteiger partial charge in [0.15, 0.2) is 16.9 Å². The Balaban J connectivity index is 1.56. The fraction of sp³-hybridized carbons (Fsp3) is 0.273. The number of rotatable bonds is 5. The summed E-state index contributed by atoms with van der Waals surface area (Å²) in [7, 11) is 0. The van der Waals surface area contributed by atoms with Gasteiger partial charge in [-0.15, -0.1) is 0 Å². The second-order valence-corrected chi connectivity index (χ2v) is 6.69. The number of hydrogen-bond donors (Lipinski definition) is 1. The lowest BCUT2D eigenvalue weighted by molar-refractivity contribution is -0.130. The molecule has 0 saturated carbocycles. The van der Waals surface area contributed by atoms with Crippen LogP contribution < -0.4 is 20.2 Å². The van der Waals surface area contributed by atoms with Gasteiger partial charge in [-0.1, -0.05) is 25.5 Å². The van der Waals surface area contributed by atoms with E-state index in [9.17, 15) is 9.59 Å².